The van der Waals surface area contributed by atoms with E-state index in [1.807, 2.05) is 60.0 Å². The Bertz CT molecular complexity index is 1210. The number of hydrogen-bond donors (Lipinski definition) is 2. The molecule has 0 atom stereocenters. The van der Waals surface area contributed by atoms with Crippen molar-refractivity contribution in [2.24, 2.45) is 0 Å². The molecule has 10 heteroatoms. The molecule has 4 aromatic rings. The van der Waals surface area contributed by atoms with E-state index < -0.39 is 0 Å². The summed E-state index contributed by atoms with van der Waals surface area (Å²) in [5, 5.41) is 12.7. The number of rotatable bonds is 8. The molecule has 0 saturated carbocycles. The van der Waals surface area contributed by atoms with Gasteiger partial charge in [-0.25, -0.2) is 0 Å². The fraction of sp³-hybridized carbons (Fsp3) is 0.227. The zero-order valence-corrected chi connectivity index (χ0v) is 18.9. The smallest absolute Gasteiger partial charge is 0.232 e. The Labute approximate surface area is 190 Å². The maximum absolute atomic E-state index is 5.92. The molecule has 0 aliphatic carbocycles. The van der Waals surface area contributed by atoms with Gasteiger partial charge >= 0.3 is 0 Å². The second kappa shape index (κ2) is 9.65. The summed E-state index contributed by atoms with van der Waals surface area (Å²) < 4.78 is 7.52. The number of nitrogens with zero attached hydrogens (tertiary/aromatic N) is 6. The van der Waals surface area contributed by atoms with E-state index in [0.717, 1.165) is 28.0 Å². The standard InChI is InChI=1S/C22H24N8OS/c1-4-30-19(16-7-5-6-8-17(16)31-3)28-29-22(30)32-13-18-25-20(23)27-21(26-18)24-15-11-9-14(2)10-12-15/h5-12H,4,13H2,1-3H3,(H3,23,24,25,26,27). The highest BCUT2D eigenvalue weighted by molar-refractivity contribution is 7.98. The van der Waals surface area contributed by atoms with Crippen LogP contribution in [0, 0.1) is 6.92 Å². The number of nitrogens with one attached hydrogen (secondary N) is 1. The van der Waals surface area contributed by atoms with Gasteiger partial charge in [-0.3, -0.25) is 0 Å². The summed E-state index contributed by atoms with van der Waals surface area (Å²) in [7, 11) is 1.65. The second-order valence-electron chi connectivity index (χ2n) is 6.96. The molecule has 0 bridgehead atoms. The summed E-state index contributed by atoms with van der Waals surface area (Å²) in [5.41, 5.74) is 8.87. The van der Waals surface area contributed by atoms with Gasteiger partial charge in [0.25, 0.3) is 0 Å². The molecule has 0 radical (unpaired) electrons. The van der Waals surface area contributed by atoms with Gasteiger partial charge in [0.05, 0.1) is 18.4 Å². The molecule has 164 valence electrons. The first kappa shape index (κ1) is 21.6. The number of nitrogens with two attached hydrogens (primary N) is 1. The number of benzene rings is 2. The summed E-state index contributed by atoms with van der Waals surface area (Å²) in [4.78, 5) is 13.0. The molecule has 0 aliphatic rings. The average Bonchev–Trinajstić information content (AvgIpc) is 3.21. The highest BCUT2D eigenvalue weighted by Gasteiger charge is 2.17. The minimum atomic E-state index is 0.164. The van der Waals surface area contributed by atoms with E-state index >= 15 is 0 Å². The molecule has 32 heavy (non-hydrogen) atoms. The number of thioether (sulfide) groups is 1. The van der Waals surface area contributed by atoms with Gasteiger partial charge < -0.3 is 20.4 Å². The third-order valence-corrected chi connectivity index (χ3v) is 5.68. The maximum atomic E-state index is 5.92. The largest absolute Gasteiger partial charge is 0.496 e. The van der Waals surface area contributed by atoms with Crippen molar-refractivity contribution in [3.63, 3.8) is 0 Å². The van der Waals surface area contributed by atoms with Gasteiger partial charge in [-0.2, -0.15) is 15.0 Å². The molecule has 0 saturated heterocycles. The average molecular weight is 449 g/mol. The molecule has 2 aromatic heterocycles. The highest BCUT2D eigenvalue weighted by Crippen LogP contribution is 2.31. The zero-order valence-electron chi connectivity index (χ0n) is 18.1. The van der Waals surface area contributed by atoms with Crippen molar-refractivity contribution in [3.8, 4) is 17.1 Å². The molecule has 0 aliphatic heterocycles. The van der Waals surface area contributed by atoms with Crippen LogP contribution in [0.5, 0.6) is 5.75 Å². The Morgan fingerprint density at radius 2 is 1.81 bits per heavy atom. The van der Waals surface area contributed by atoms with Gasteiger partial charge in [0, 0.05) is 12.2 Å². The minimum absolute atomic E-state index is 0.164. The summed E-state index contributed by atoms with van der Waals surface area (Å²) in [6.07, 6.45) is 0. The topological polar surface area (TPSA) is 117 Å². The summed E-state index contributed by atoms with van der Waals surface area (Å²) in [5.74, 6) is 3.11. The number of para-hydroxylation sites is 1. The first-order valence-electron chi connectivity index (χ1n) is 10.1. The van der Waals surface area contributed by atoms with Crippen LogP contribution in [-0.4, -0.2) is 36.8 Å². The van der Waals surface area contributed by atoms with E-state index in [9.17, 15) is 0 Å². The predicted octanol–water partition coefficient (Wildman–Crippen LogP) is 4.09. The zero-order chi connectivity index (χ0) is 22.5. The summed E-state index contributed by atoms with van der Waals surface area (Å²) in [6.45, 7) is 4.80. The number of nitrogen functional groups attached to an aromatic ring is 1. The Balaban J connectivity index is 1.53. The monoisotopic (exact) mass is 448 g/mol. The first-order chi connectivity index (χ1) is 15.6. The molecular weight excluding hydrogens is 424 g/mol. The number of anilines is 3. The molecule has 2 aromatic carbocycles. The number of aryl methyl sites for hydroxylation is 1. The molecule has 2 heterocycles. The van der Waals surface area contributed by atoms with Gasteiger partial charge in [-0.15, -0.1) is 10.2 Å². The second-order valence-corrected chi connectivity index (χ2v) is 7.91. The van der Waals surface area contributed by atoms with Crippen LogP contribution in [0.2, 0.25) is 0 Å². The van der Waals surface area contributed by atoms with Crippen LogP contribution in [0.1, 0.15) is 18.3 Å². The van der Waals surface area contributed by atoms with E-state index in [4.69, 9.17) is 10.5 Å². The first-order valence-corrected chi connectivity index (χ1v) is 11.1. The van der Waals surface area contributed by atoms with Crippen LogP contribution in [0.15, 0.2) is 53.7 Å². The van der Waals surface area contributed by atoms with E-state index in [0.29, 0.717) is 24.1 Å². The van der Waals surface area contributed by atoms with Crippen LogP contribution in [0.25, 0.3) is 11.4 Å². The third-order valence-electron chi connectivity index (χ3n) is 4.72. The van der Waals surface area contributed by atoms with Crippen molar-refractivity contribution in [2.45, 2.75) is 31.3 Å². The molecule has 0 spiro atoms. The van der Waals surface area contributed by atoms with Crippen molar-refractivity contribution < 1.29 is 4.74 Å². The van der Waals surface area contributed by atoms with Crippen LogP contribution >= 0.6 is 11.8 Å². The molecule has 3 N–H and O–H groups in total. The van der Waals surface area contributed by atoms with Crippen LogP contribution in [-0.2, 0) is 12.3 Å². The van der Waals surface area contributed by atoms with Crippen molar-refractivity contribution in [2.75, 3.05) is 18.2 Å². The van der Waals surface area contributed by atoms with Crippen molar-refractivity contribution in [1.29, 1.82) is 0 Å². The van der Waals surface area contributed by atoms with Gasteiger partial charge in [0.2, 0.25) is 11.9 Å². The normalized spacial score (nSPS) is 10.8. The van der Waals surface area contributed by atoms with Crippen molar-refractivity contribution in [3.05, 3.63) is 59.9 Å². The van der Waals surface area contributed by atoms with E-state index in [1.54, 1.807) is 7.11 Å². The molecule has 9 nitrogen and oxygen atoms in total. The van der Waals surface area contributed by atoms with Crippen LogP contribution in [0.3, 0.4) is 0 Å². The molecule has 0 unspecified atom stereocenters. The van der Waals surface area contributed by atoms with E-state index in [2.05, 4.69) is 37.4 Å². The number of hydrogen-bond acceptors (Lipinski definition) is 9. The molecule has 4 rings (SSSR count). The lowest BCUT2D eigenvalue weighted by molar-refractivity contribution is 0.416. The van der Waals surface area contributed by atoms with Gasteiger partial charge in [-0.1, -0.05) is 41.6 Å². The highest BCUT2D eigenvalue weighted by atomic mass is 32.2. The molecular formula is C22H24N8OS. The Hall–Kier alpha value is -3.66. The fourth-order valence-electron chi connectivity index (χ4n) is 3.16. The van der Waals surface area contributed by atoms with E-state index in [1.165, 1.54) is 17.3 Å². The van der Waals surface area contributed by atoms with E-state index in [-0.39, 0.29) is 5.95 Å². The van der Waals surface area contributed by atoms with Crippen molar-refractivity contribution >= 4 is 29.3 Å². The van der Waals surface area contributed by atoms with Crippen molar-refractivity contribution in [1.82, 2.24) is 29.7 Å². The number of aromatic nitrogens is 6. The van der Waals surface area contributed by atoms with Gasteiger partial charge in [-0.05, 0) is 38.1 Å². The maximum Gasteiger partial charge on any atom is 0.232 e. The lowest BCUT2D eigenvalue weighted by Gasteiger charge is -2.10. The fourth-order valence-corrected chi connectivity index (χ4v) is 4.02. The molecule has 0 amide bonds. The van der Waals surface area contributed by atoms with Gasteiger partial charge in [0.15, 0.2) is 11.0 Å². The Morgan fingerprint density at radius 1 is 1.03 bits per heavy atom. The molecule has 0 fully saturated rings. The van der Waals surface area contributed by atoms with Gasteiger partial charge in [0.1, 0.15) is 11.6 Å². The summed E-state index contributed by atoms with van der Waals surface area (Å²) >= 11 is 1.49. The lowest BCUT2D eigenvalue weighted by atomic mass is 10.2. The number of methoxy groups -OCH3 is 1. The minimum Gasteiger partial charge on any atom is -0.496 e. The predicted molar refractivity (Wildman–Crippen MR) is 126 cm³/mol. The number of ether oxygens (including phenoxy) is 1. The van der Waals surface area contributed by atoms with Crippen LogP contribution in [0.4, 0.5) is 17.6 Å². The third kappa shape index (κ3) is 4.80. The van der Waals surface area contributed by atoms with Crippen LogP contribution < -0.4 is 15.8 Å². The Kier molecular flexibility index (Phi) is 6.50. The Morgan fingerprint density at radius 3 is 2.56 bits per heavy atom. The summed E-state index contributed by atoms with van der Waals surface area (Å²) in [6, 6.07) is 15.7. The lowest BCUT2D eigenvalue weighted by Crippen LogP contribution is -2.07. The quantitative estimate of drug-likeness (QED) is 0.384. The SMILES string of the molecule is CCn1c(SCc2nc(N)nc(Nc3ccc(C)cc3)n2)nnc1-c1ccccc1OC.